The van der Waals surface area contributed by atoms with E-state index in [1.54, 1.807) is 0 Å². The van der Waals surface area contributed by atoms with Crippen LogP contribution in [-0.2, 0) is 9.59 Å². The van der Waals surface area contributed by atoms with Crippen LogP contribution in [-0.4, -0.2) is 24.3 Å². The predicted molar refractivity (Wildman–Crippen MR) is 85.8 cm³/mol. The molecule has 7 heteroatoms. The number of unbranched alkanes of at least 4 members (excludes halogenated alkanes) is 1. The molecule has 0 saturated heterocycles. The molecule has 1 aliphatic rings. The SMILES string of the molecule is Cc1cc(NC(=O)C2CC2)sc1C(=O)NCCCCC(N)=O. The van der Waals surface area contributed by atoms with Crippen LogP contribution in [0, 0.1) is 12.8 Å². The van der Waals surface area contributed by atoms with Crippen molar-refractivity contribution in [3.63, 3.8) is 0 Å². The average Bonchev–Trinajstić information content (AvgIpc) is 3.22. The maximum atomic E-state index is 12.1. The Morgan fingerprint density at radius 1 is 1.32 bits per heavy atom. The molecule has 1 aromatic rings. The number of primary amides is 1. The summed E-state index contributed by atoms with van der Waals surface area (Å²) < 4.78 is 0. The molecule has 0 bridgehead atoms. The lowest BCUT2D eigenvalue weighted by Crippen LogP contribution is -2.24. The fraction of sp³-hybridized carbons (Fsp3) is 0.533. The summed E-state index contributed by atoms with van der Waals surface area (Å²) in [5.74, 6) is -0.283. The zero-order valence-electron chi connectivity index (χ0n) is 12.6. The summed E-state index contributed by atoms with van der Waals surface area (Å²) in [6, 6.07) is 1.83. The van der Waals surface area contributed by atoms with Gasteiger partial charge >= 0.3 is 0 Å². The second kappa shape index (κ2) is 7.40. The van der Waals surface area contributed by atoms with Gasteiger partial charge in [-0.05, 0) is 44.2 Å². The van der Waals surface area contributed by atoms with E-state index in [4.69, 9.17) is 5.73 Å². The molecule has 1 heterocycles. The minimum Gasteiger partial charge on any atom is -0.370 e. The Morgan fingerprint density at radius 3 is 2.68 bits per heavy atom. The lowest BCUT2D eigenvalue weighted by molar-refractivity contribution is -0.118. The van der Waals surface area contributed by atoms with Crippen LogP contribution >= 0.6 is 11.3 Å². The van der Waals surface area contributed by atoms with E-state index in [2.05, 4.69) is 10.6 Å². The largest absolute Gasteiger partial charge is 0.370 e. The first-order valence-corrected chi connectivity index (χ1v) is 8.27. The number of carbonyl (C=O) groups excluding carboxylic acids is 3. The molecule has 1 saturated carbocycles. The van der Waals surface area contributed by atoms with Gasteiger partial charge in [-0.25, -0.2) is 0 Å². The molecule has 1 aromatic heterocycles. The van der Waals surface area contributed by atoms with Gasteiger partial charge in [-0.3, -0.25) is 14.4 Å². The maximum Gasteiger partial charge on any atom is 0.261 e. The standard InChI is InChI=1S/C15H21N3O3S/c1-9-8-12(18-14(20)10-5-6-10)22-13(9)15(21)17-7-3-2-4-11(16)19/h8,10H,2-7H2,1H3,(H2,16,19)(H,17,21)(H,18,20). The third-order valence-electron chi connectivity index (χ3n) is 3.45. The van der Waals surface area contributed by atoms with Crippen molar-refractivity contribution in [2.45, 2.75) is 39.0 Å². The van der Waals surface area contributed by atoms with E-state index in [1.807, 2.05) is 13.0 Å². The van der Waals surface area contributed by atoms with Crippen molar-refractivity contribution in [1.82, 2.24) is 5.32 Å². The Morgan fingerprint density at radius 2 is 2.05 bits per heavy atom. The van der Waals surface area contributed by atoms with Crippen LogP contribution in [0.5, 0.6) is 0 Å². The molecule has 1 fully saturated rings. The number of nitrogens with two attached hydrogens (primary N) is 1. The molecule has 0 spiro atoms. The van der Waals surface area contributed by atoms with E-state index in [0.29, 0.717) is 35.7 Å². The van der Waals surface area contributed by atoms with Crippen LogP contribution in [0.25, 0.3) is 0 Å². The molecule has 6 nitrogen and oxygen atoms in total. The van der Waals surface area contributed by atoms with Gasteiger partial charge in [-0.15, -0.1) is 11.3 Å². The second-order valence-electron chi connectivity index (χ2n) is 5.57. The van der Waals surface area contributed by atoms with Gasteiger partial charge in [0.2, 0.25) is 11.8 Å². The quantitative estimate of drug-likeness (QED) is 0.636. The van der Waals surface area contributed by atoms with Crippen molar-refractivity contribution in [3.05, 3.63) is 16.5 Å². The number of thiophene rings is 1. The molecule has 0 unspecified atom stereocenters. The summed E-state index contributed by atoms with van der Waals surface area (Å²) in [5, 5.41) is 6.39. The van der Waals surface area contributed by atoms with Gasteiger partial charge in [0.1, 0.15) is 0 Å². The summed E-state index contributed by atoms with van der Waals surface area (Å²) in [4.78, 5) is 35.0. The average molecular weight is 323 g/mol. The molecule has 2 rings (SSSR count). The van der Waals surface area contributed by atoms with Crippen molar-refractivity contribution in [1.29, 1.82) is 0 Å². The van der Waals surface area contributed by atoms with Crippen molar-refractivity contribution in [3.8, 4) is 0 Å². The van der Waals surface area contributed by atoms with Gasteiger partial charge in [0.25, 0.3) is 5.91 Å². The van der Waals surface area contributed by atoms with Gasteiger partial charge in [-0.2, -0.15) is 0 Å². The van der Waals surface area contributed by atoms with Crippen LogP contribution < -0.4 is 16.4 Å². The predicted octanol–water partition coefficient (Wildman–Crippen LogP) is 1.79. The van der Waals surface area contributed by atoms with Gasteiger partial charge in [0.15, 0.2) is 0 Å². The van der Waals surface area contributed by atoms with Gasteiger partial charge < -0.3 is 16.4 Å². The first-order chi connectivity index (χ1) is 10.5. The van der Waals surface area contributed by atoms with Crippen LogP contribution in [0.15, 0.2) is 6.07 Å². The van der Waals surface area contributed by atoms with E-state index in [0.717, 1.165) is 18.4 Å². The highest BCUT2D eigenvalue weighted by molar-refractivity contribution is 7.18. The van der Waals surface area contributed by atoms with Crippen molar-refractivity contribution >= 4 is 34.1 Å². The van der Waals surface area contributed by atoms with Crippen LogP contribution in [0.1, 0.15) is 47.3 Å². The topological polar surface area (TPSA) is 101 Å². The number of nitrogens with one attached hydrogen (secondary N) is 2. The van der Waals surface area contributed by atoms with Crippen molar-refractivity contribution in [2.24, 2.45) is 11.7 Å². The number of hydrogen-bond donors (Lipinski definition) is 3. The zero-order chi connectivity index (χ0) is 16.1. The molecule has 4 N–H and O–H groups in total. The Kier molecular flexibility index (Phi) is 5.54. The molecular weight excluding hydrogens is 302 g/mol. The van der Waals surface area contributed by atoms with Gasteiger partial charge in [-0.1, -0.05) is 0 Å². The highest BCUT2D eigenvalue weighted by Gasteiger charge is 2.30. The Bertz CT molecular complexity index is 579. The molecular formula is C15H21N3O3S. The van der Waals surface area contributed by atoms with E-state index in [9.17, 15) is 14.4 Å². The first-order valence-electron chi connectivity index (χ1n) is 7.45. The lowest BCUT2D eigenvalue weighted by atomic mass is 10.2. The fourth-order valence-electron chi connectivity index (χ4n) is 2.04. The molecule has 0 aromatic carbocycles. The Balaban J connectivity index is 1.80. The molecule has 0 aliphatic heterocycles. The minimum atomic E-state index is -0.323. The summed E-state index contributed by atoms with van der Waals surface area (Å²) in [5.41, 5.74) is 5.91. The highest BCUT2D eigenvalue weighted by Crippen LogP contribution is 2.32. The first kappa shape index (κ1) is 16.5. The summed E-state index contributed by atoms with van der Waals surface area (Å²) in [6.07, 6.45) is 3.63. The second-order valence-corrected chi connectivity index (χ2v) is 6.62. The number of amides is 3. The minimum absolute atomic E-state index is 0.0414. The summed E-state index contributed by atoms with van der Waals surface area (Å²) in [6.45, 7) is 2.36. The van der Waals surface area contributed by atoms with E-state index in [-0.39, 0.29) is 23.6 Å². The Labute approximate surface area is 133 Å². The molecule has 120 valence electrons. The maximum absolute atomic E-state index is 12.1. The Hall–Kier alpha value is -1.89. The van der Waals surface area contributed by atoms with Gasteiger partial charge in [0, 0.05) is 18.9 Å². The molecule has 0 atom stereocenters. The van der Waals surface area contributed by atoms with E-state index < -0.39 is 0 Å². The molecule has 0 radical (unpaired) electrons. The van der Waals surface area contributed by atoms with Crippen molar-refractivity contribution in [2.75, 3.05) is 11.9 Å². The fourth-order valence-corrected chi connectivity index (χ4v) is 3.04. The third kappa shape index (κ3) is 4.84. The molecule has 1 aliphatic carbocycles. The van der Waals surface area contributed by atoms with Gasteiger partial charge in [0.05, 0.1) is 9.88 Å². The highest BCUT2D eigenvalue weighted by atomic mass is 32.1. The van der Waals surface area contributed by atoms with Crippen LogP contribution in [0.4, 0.5) is 5.00 Å². The zero-order valence-corrected chi connectivity index (χ0v) is 13.4. The van der Waals surface area contributed by atoms with E-state index >= 15 is 0 Å². The van der Waals surface area contributed by atoms with E-state index in [1.165, 1.54) is 11.3 Å². The molecule has 3 amide bonds. The van der Waals surface area contributed by atoms with Crippen LogP contribution in [0.2, 0.25) is 0 Å². The summed E-state index contributed by atoms with van der Waals surface area (Å²) >= 11 is 1.29. The van der Waals surface area contributed by atoms with Crippen molar-refractivity contribution < 1.29 is 14.4 Å². The lowest BCUT2D eigenvalue weighted by Gasteiger charge is -2.03. The number of rotatable bonds is 8. The smallest absolute Gasteiger partial charge is 0.261 e. The summed E-state index contributed by atoms with van der Waals surface area (Å²) in [7, 11) is 0. The third-order valence-corrected chi connectivity index (χ3v) is 4.61. The number of carbonyl (C=O) groups is 3. The number of anilines is 1. The number of aryl methyl sites for hydroxylation is 1. The molecule has 22 heavy (non-hydrogen) atoms. The van der Waals surface area contributed by atoms with Crippen LogP contribution in [0.3, 0.4) is 0 Å². The number of hydrogen-bond acceptors (Lipinski definition) is 4. The monoisotopic (exact) mass is 323 g/mol. The normalized spacial score (nSPS) is 13.7.